The molecule has 1 atom stereocenters. The van der Waals surface area contributed by atoms with E-state index in [2.05, 4.69) is 46.9 Å². The Balaban J connectivity index is 1.88. The molecule has 1 unspecified atom stereocenters. The second kappa shape index (κ2) is 6.36. The van der Waals surface area contributed by atoms with Gasteiger partial charge in [-0.3, -0.25) is 9.69 Å². The smallest absolute Gasteiger partial charge is 0.238 e. The lowest BCUT2D eigenvalue weighted by Crippen LogP contribution is -2.33. The maximum Gasteiger partial charge on any atom is 0.238 e. The summed E-state index contributed by atoms with van der Waals surface area (Å²) < 4.78 is 0.810. The third-order valence-corrected chi connectivity index (χ3v) is 4.79. The predicted molar refractivity (Wildman–Crippen MR) is 91.2 cm³/mol. The molecule has 0 aromatic heterocycles. The lowest BCUT2D eigenvalue weighted by Gasteiger charge is -2.27. The molecule has 4 nitrogen and oxygen atoms in total. The molecule has 2 rings (SSSR count). The van der Waals surface area contributed by atoms with Crippen molar-refractivity contribution in [3.63, 3.8) is 0 Å². The van der Waals surface area contributed by atoms with E-state index in [0.717, 1.165) is 23.2 Å². The largest absolute Gasteiger partial charge is 0.399 e. The zero-order chi connectivity index (χ0) is 15.6. The van der Waals surface area contributed by atoms with Gasteiger partial charge in [0, 0.05) is 16.7 Å². The van der Waals surface area contributed by atoms with Crippen LogP contribution in [0.3, 0.4) is 0 Å². The molecule has 3 N–H and O–H groups in total. The maximum atomic E-state index is 12.2. The summed E-state index contributed by atoms with van der Waals surface area (Å²) in [5.74, 6) is 0.684. The van der Waals surface area contributed by atoms with Gasteiger partial charge in [-0.2, -0.15) is 0 Å². The van der Waals surface area contributed by atoms with Crippen molar-refractivity contribution in [3.8, 4) is 0 Å². The lowest BCUT2D eigenvalue weighted by molar-refractivity contribution is -0.117. The van der Waals surface area contributed by atoms with Gasteiger partial charge in [0.15, 0.2) is 0 Å². The van der Waals surface area contributed by atoms with Crippen molar-refractivity contribution in [1.29, 1.82) is 0 Å². The van der Waals surface area contributed by atoms with Crippen LogP contribution in [0.25, 0.3) is 0 Å². The molecule has 1 amide bonds. The molecule has 0 radical (unpaired) electrons. The van der Waals surface area contributed by atoms with Gasteiger partial charge in [0.05, 0.1) is 12.2 Å². The molecule has 116 valence electrons. The van der Waals surface area contributed by atoms with Crippen LogP contribution in [0.1, 0.15) is 27.2 Å². The highest BCUT2D eigenvalue weighted by Crippen LogP contribution is 2.33. The molecular formula is C16H24BrN3O. The highest BCUT2D eigenvalue weighted by molar-refractivity contribution is 9.10. The van der Waals surface area contributed by atoms with E-state index in [1.807, 2.05) is 6.07 Å². The first-order chi connectivity index (χ1) is 9.75. The Hall–Kier alpha value is -1.07. The molecular weight excluding hydrogens is 330 g/mol. The Morgan fingerprint density at radius 1 is 1.48 bits per heavy atom. The number of benzene rings is 1. The number of hydrogen-bond acceptors (Lipinski definition) is 3. The molecule has 1 saturated heterocycles. The van der Waals surface area contributed by atoms with Crippen molar-refractivity contribution in [1.82, 2.24) is 4.90 Å². The van der Waals surface area contributed by atoms with E-state index in [1.165, 1.54) is 6.42 Å². The van der Waals surface area contributed by atoms with Crippen molar-refractivity contribution >= 4 is 33.2 Å². The number of rotatable bonds is 3. The van der Waals surface area contributed by atoms with Crippen molar-refractivity contribution in [3.05, 3.63) is 22.7 Å². The zero-order valence-electron chi connectivity index (χ0n) is 12.9. The van der Waals surface area contributed by atoms with Crippen LogP contribution < -0.4 is 11.1 Å². The van der Waals surface area contributed by atoms with Gasteiger partial charge in [-0.05, 0) is 58.4 Å². The number of anilines is 2. The van der Waals surface area contributed by atoms with E-state index in [4.69, 9.17) is 5.73 Å². The fraction of sp³-hybridized carbons (Fsp3) is 0.562. The quantitative estimate of drug-likeness (QED) is 0.819. The van der Waals surface area contributed by atoms with Gasteiger partial charge < -0.3 is 11.1 Å². The molecule has 1 aliphatic rings. The summed E-state index contributed by atoms with van der Waals surface area (Å²) in [5, 5.41) is 2.93. The molecule has 1 aliphatic heterocycles. The predicted octanol–water partition coefficient (Wildman–Crippen LogP) is 3.34. The molecule has 1 aromatic carbocycles. The third kappa shape index (κ3) is 4.45. The zero-order valence-corrected chi connectivity index (χ0v) is 14.5. The minimum Gasteiger partial charge on any atom is -0.399 e. The number of halogens is 1. The van der Waals surface area contributed by atoms with E-state index in [-0.39, 0.29) is 5.91 Å². The second-order valence-electron chi connectivity index (χ2n) is 6.87. The Bertz CT molecular complexity index is 525. The van der Waals surface area contributed by atoms with Crippen LogP contribution in [0, 0.1) is 11.3 Å². The van der Waals surface area contributed by atoms with Crippen LogP contribution in [0.5, 0.6) is 0 Å². The number of nitrogens with two attached hydrogens (primary N) is 1. The van der Waals surface area contributed by atoms with Gasteiger partial charge in [-0.15, -0.1) is 0 Å². The number of hydrogen-bond donors (Lipinski definition) is 2. The average Bonchev–Trinajstić information content (AvgIpc) is 2.81. The van der Waals surface area contributed by atoms with E-state index >= 15 is 0 Å². The van der Waals surface area contributed by atoms with Crippen LogP contribution >= 0.6 is 15.9 Å². The first-order valence-corrected chi connectivity index (χ1v) is 8.12. The molecule has 0 saturated carbocycles. The normalized spacial score (nSPS) is 19.7. The highest BCUT2D eigenvalue weighted by atomic mass is 79.9. The summed E-state index contributed by atoms with van der Waals surface area (Å²) in [5.41, 5.74) is 7.44. The Morgan fingerprint density at radius 2 is 2.19 bits per heavy atom. The topological polar surface area (TPSA) is 58.4 Å². The number of likely N-dealkylation sites (tertiary alicyclic amines) is 1. The lowest BCUT2D eigenvalue weighted by atomic mass is 9.80. The first-order valence-electron chi connectivity index (χ1n) is 7.33. The second-order valence-corrected chi connectivity index (χ2v) is 7.73. The van der Waals surface area contributed by atoms with E-state index in [9.17, 15) is 4.79 Å². The molecule has 0 aliphatic carbocycles. The van der Waals surface area contributed by atoms with Crippen LogP contribution in [-0.2, 0) is 4.79 Å². The Morgan fingerprint density at radius 3 is 2.76 bits per heavy atom. The van der Waals surface area contributed by atoms with Crippen LogP contribution in [0.15, 0.2) is 22.7 Å². The van der Waals surface area contributed by atoms with Gasteiger partial charge >= 0.3 is 0 Å². The van der Waals surface area contributed by atoms with Gasteiger partial charge in [0.25, 0.3) is 0 Å². The van der Waals surface area contributed by atoms with Gasteiger partial charge in [-0.25, -0.2) is 0 Å². The summed E-state index contributed by atoms with van der Waals surface area (Å²) in [6, 6.07) is 5.40. The Labute approximate surface area is 135 Å². The number of nitrogens with zero attached hydrogens (tertiary/aromatic N) is 1. The number of carbonyl (C=O) groups is 1. The Kier molecular flexibility index (Phi) is 4.94. The molecule has 0 spiro atoms. The fourth-order valence-corrected chi connectivity index (χ4v) is 3.20. The van der Waals surface area contributed by atoms with Gasteiger partial charge in [0.2, 0.25) is 5.91 Å². The van der Waals surface area contributed by atoms with Crippen molar-refractivity contribution in [2.75, 3.05) is 30.7 Å². The average molecular weight is 354 g/mol. The number of nitrogen functional groups attached to an aromatic ring is 1. The fourth-order valence-electron chi connectivity index (χ4n) is 2.71. The third-order valence-electron chi connectivity index (χ3n) is 4.13. The van der Waals surface area contributed by atoms with Gasteiger partial charge in [0.1, 0.15) is 0 Å². The minimum absolute atomic E-state index is 0.0232. The van der Waals surface area contributed by atoms with E-state index < -0.39 is 0 Å². The van der Waals surface area contributed by atoms with Crippen LogP contribution in [0.2, 0.25) is 0 Å². The molecule has 1 aromatic rings. The monoisotopic (exact) mass is 353 g/mol. The van der Waals surface area contributed by atoms with Crippen molar-refractivity contribution in [2.45, 2.75) is 27.2 Å². The van der Waals surface area contributed by atoms with Crippen molar-refractivity contribution < 1.29 is 4.79 Å². The molecule has 1 fully saturated rings. The highest BCUT2D eigenvalue weighted by Gasteiger charge is 2.32. The maximum absolute atomic E-state index is 12.2. The summed E-state index contributed by atoms with van der Waals surface area (Å²) in [4.78, 5) is 14.4. The summed E-state index contributed by atoms with van der Waals surface area (Å²) >= 11 is 3.42. The summed E-state index contributed by atoms with van der Waals surface area (Å²) in [7, 11) is 0. The SMILES string of the molecule is CC(C)(C)C1CCN(CC(=O)Nc2ccc(N)cc2Br)C1. The molecule has 0 bridgehead atoms. The molecule has 5 heteroatoms. The number of carbonyl (C=O) groups excluding carboxylic acids is 1. The number of nitrogens with one attached hydrogen (secondary N) is 1. The summed E-state index contributed by atoms with van der Waals surface area (Å²) in [6.45, 7) is 9.26. The standard InChI is InChI=1S/C16H24BrN3O/c1-16(2,3)11-6-7-20(9-11)10-15(21)19-14-5-4-12(18)8-13(14)17/h4-5,8,11H,6-7,9-10,18H2,1-3H3,(H,19,21). The summed E-state index contributed by atoms with van der Waals surface area (Å²) in [6.07, 6.45) is 1.17. The minimum atomic E-state index is 0.0232. The van der Waals surface area contributed by atoms with E-state index in [0.29, 0.717) is 23.6 Å². The van der Waals surface area contributed by atoms with Crippen LogP contribution in [0.4, 0.5) is 11.4 Å². The van der Waals surface area contributed by atoms with E-state index in [1.54, 1.807) is 12.1 Å². The molecule has 21 heavy (non-hydrogen) atoms. The first kappa shape index (κ1) is 16.3. The molecule has 1 heterocycles. The van der Waals surface area contributed by atoms with Gasteiger partial charge in [-0.1, -0.05) is 20.8 Å². The van der Waals surface area contributed by atoms with Crippen molar-refractivity contribution in [2.24, 2.45) is 11.3 Å². The number of amides is 1. The van der Waals surface area contributed by atoms with Crippen LogP contribution in [-0.4, -0.2) is 30.4 Å².